The first kappa shape index (κ1) is 15.4. The number of amides is 1. The van der Waals surface area contributed by atoms with E-state index >= 15 is 0 Å². The Balaban J connectivity index is 3.93. The van der Waals surface area contributed by atoms with Crippen molar-refractivity contribution in [3.8, 4) is 0 Å². The van der Waals surface area contributed by atoms with Gasteiger partial charge in [0.15, 0.2) is 0 Å². The molecule has 0 aliphatic carbocycles. The zero-order chi connectivity index (χ0) is 12.6. The molecule has 0 aliphatic heterocycles. The Bertz CT molecular complexity index is 193. The standard InChI is InChI=1S/C12H25NO3/c1-6-15-7-11(9(2)3)13-12(14)8-16-10(4)5/h9-11H,6-8H2,1-5H3,(H,13,14). The van der Waals surface area contributed by atoms with Crippen LogP contribution in [0.1, 0.15) is 34.6 Å². The van der Waals surface area contributed by atoms with E-state index in [1.165, 1.54) is 0 Å². The number of carbonyl (C=O) groups excluding carboxylic acids is 1. The van der Waals surface area contributed by atoms with Gasteiger partial charge in [-0.15, -0.1) is 0 Å². The second-order valence-corrected chi connectivity index (χ2v) is 4.44. The third-order valence-electron chi connectivity index (χ3n) is 2.20. The van der Waals surface area contributed by atoms with Crippen LogP contribution in [0.3, 0.4) is 0 Å². The summed E-state index contributed by atoms with van der Waals surface area (Å²) in [5.74, 6) is 0.279. The molecular formula is C12H25NO3. The van der Waals surface area contributed by atoms with E-state index in [1.807, 2.05) is 20.8 Å². The quantitative estimate of drug-likeness (QED) is 0.690. The number of nitrogens with one attached hydrogen (secondary N) is 1. The number of hydrogen-bond donors (Lipinski definition) is 1. The summed E-state index contributed by atoms with van der Waals surface area (Å²) in [5.41, 5.74) is 0. The molecule has 0 radical (unpaired) electrons. The summed E-state index contributed by atoms with van der Waals surface area (Å²) >= 11 is 0. The largest absolute Gasteiger partial charge is 0.380 e. The third kappa shape index (κ3) is 7.65. The summed E-state index contributed by atoms with van der Waals surface area (Å²) in [6, 6.07) is 0.0585. The fraction of sp³-hybridized carbons (Fsp3) is 0.917. The molecule has 0 aliphatic rings. The van der Waals surface area contributed by atoms with Crippen molar-refractivity contribution in [3.05, 3.63) is 0 Å². The second kappa shape index (κ2) is 8.53. The molecule has 0 spiro atoms. The Hall–Kier alpha value is -0.610. The van der Waals surface area contributed by atoms with E-state index in [0.29, 0.717) is 19.1 Å². The molecule has 4 heteroatoms. The van der Waals surface area contributed by atoms with Gasteiger partial charge in [-0.05, 0) is 26.7 Å². The van der Waals surface area contributed by atoms with Crippen LogP contribution in [0.4, 0.5) is 0 Å². The van der Waals surface area contributed by atoms with E-state index < -0.39 is 0 Å². The molecule has 1 amide bonds. The monoisotopic (exact) mass is 231 g/mol. The number of rotatable bonds is 8. The van der Waals surface area contributed by atoms with E-state index in [9.17, 15) is 4.79 Å². The molecule has 0 aromatic rings. The molecule has 0 bridgehead atoms. The fourth-order valence-electron chi connectivity index (χ4n) is 1.14. The Labute approximate surface area is 98.7 Å². The van der Waals surface area contributed by atoms with Gasteiger partial charge in [0.2, 0.25) is 5.91 Å². The maximum absolute atomic E-state index is 11.5. The van der Waals surface area contributed by atoms with Crippen LogP contribution >= 0.6 is 0 Å². The summed E-state index contributed by atoms with van der Waals surface area (Å²) in [6.45, 7) is 11.2. The number of ether oxygens (including phenoxy) is 2. The average Bonchev–Trinajstić information content (AvgIpc) is 2.20. The van der Waals surface area contributed by atoms with E-state index in [-0.39, 0.29) is 24.7 Å². The van der Waals surface area contributed by atoms with Crippen molar-refractivity contribution in [1.82, 2.24) is 5.32 Å². The lowest BCUT2D eigenvalue weighted by Crippen LogP contribution is -2.43. The van der Waals surface area contributed by atoms with E-state index in [0.717, 1.165) is 0 Å². The lowest BCUT2D eigenvalue weighted by Gasteiger charge is -2.22. The van der Waals surface area contributed by atoms with Crippen molar-refractivity contribution >= 4 is 5.91 Å². The molecule has 0 rings (SSSR count). The summed E-state index contributed by atoms with van der Waals surface area (Å²) < 4.78 is 10.6. The highest BCUT2D eigenvalue weighted by atomic mass is 16.5. The van der Waals surface area contributed by atoms with Gasteiger partial charge in [-0.2, -0.15) is 0 Å². The molecule has 0 aromatic heterocycles. The SMILES string of the molecule is CCOCC(NC(=O)COC(C)C)C(C)C. The Morgan fingerprint density at radius 1 is 1.25 bits per heavy atom. The normalized spacial score (nSPS) is 13.2. The maximum atomic E-state index is 11.5. The molecule has 0 heterocycles. The molecular weight excluding hydrogens is 206 g/mol. The maximum Gasteiger partial charge on any atom is 0.246 e. The lowest BCUT2D eigenvalue weighted by molar-refractivity contribution is -0.128. The smallest absolute Gasteiger partial charge is 0.246 e. The van der Waals surface area contributed by atoms with Crippen LogP contribution in [0.2, 0.25) is 0 Å². The van der Waals surface area contributed by atoms with Crippen molar-refractivity contribution in [2.75, 3.05) is 19.8 Å². The van der Waals surface area contributed by atoms with Crippen LogP contribution in [0, 0.1) is 5.92 Å². The first-order valence-electron chi connectivity index (χ1n) is 5.96. The summed E-state index contributed by atoms with van der Waals surface area (Å²) in [5, 5.41) is 2.92. The zero-order valence-electron chi connectivity index (χ0n) is 11.1. The highest BCUT2D eigenvalue weighted by Crippen LogP contribution is 2.02. The number of hydrogen-bond acceptors (Lipinski definition) is 3. The fourth-order valence-corrected chi connectivity index (χ4v) is 1.14. The van der Waals surface area contributed by atoms with E-state index in [2.05, 4.69) is 19.2 Å². The van der Waals surface area contributed by atoms with Crippen LogP contribution < -0.4 is 5.32 Å². The minimum absolute atomic E-state index is 0.0585. The predicted octanol–water partition coefficient (Wildman–Crippen LogP) is 1.59. The lowest BCUT2D eigenvalue weighted by atomic mass is 10.1. The van der Waals surface area contributed by atoms with Crippen LogP contribution in [0.15, 0.2) is 0 Å². The minimum atomic E-state index is -0.0768. The van der Waals surface area contributed by atoms with E-state index in [4.69, 9.17) is 9.47 Å². The summed E-state index contributed by atoms with van der Waals surface area (Å²) in [6.07, 6.45) is 0.0788. The summed E-state index contributed by atoms with van der Waals surface area (Å²) in [4.78, 5) is 11.5. The van der Waals surface area contributed by atoms with Crippen molar-refractivity contribution in [1.29, 1.82) is 0 Å². The van der Waals surface area contributed by atoms with Gasteiger partial charge >= 0.3 is 0 Å². The van der Waals surface area contributed by atoms with Gasteiger partial charge in [-0.3, -0.25) is 4.79 Å². The van der Waals surface area contributed by atoms with Gasteiger partial charge < -0.3 is 14.8 Å². The molecule has 4 nitrogen and oxygen atoms in total. The second-order valence-electron chi connectivity index (χ2n) is 4.44. The Morgan fingerprint density at radius 3 is 2.31 bits per heavy atom. The zero-order valence-corrected chi connectivity index (χ0v) is 11.1. The van der Waals surface area contributed by atoms with Crippen LogP contribution in [0.25, 0.3) is 0 Å². The van der Waals surface area contributed by atoms with Crippen molar-refractivity contribution < 1.29 is 14.3 Å². The van der Waals surface area contributed by atoms with Gasteiger partial charge in [0.1, 0.15) is 6.61 Å². The molecule has 1 atom stereocenters. The molecule has 96 valence electrons. The Morgan fingerprint density at radius 2 is 1.88 bits per heavy atom. The van der Waals surface area contributed by atoms with E-state index in [1.54, 1.807) is 0 Å². The molecule has 0 aromatic carbocycles. The molecule has 1 N–H and O–H groups in total. The van der Waals surface area contributed by atoms with Gasteiger partial charge in [0.05, 0.1) is 18.8 Å². The first-order chi connectivity index (χ1) is 7.47. The van der Waals surface area contributed by atoms with Crippen molar-refractivity contribution in [3.63, 3.8) is 0 Å². The van der Waals surface area contributed by atoms with Gasteiger partial charge in [0, 0.05) is 6.61 Å². The molecule has 1 unspecified atom stereocenters. The van der Waals surface area contributed by atoms with Crippen LogP contribution in [0.5, 0.6) is 0 Å². The summed E-state index contributed by atoms with van der Waals surface area (Å²) in [7, 11) is 0. The van der Waals surface area contributed by atoms with Gasteiger partial charge in [-0.25, -0.2) is 0 Å². The van der Waals surface area contributed by atoms with Crippen LogP contribution in [-0.2, 0) is 14.3 Å². The molecule has 0 saturated heterocycles. The minimum Gasteiger partial charge on any atom is -0.380 e. The molecule has 16 heavy (non-hydrogen) atoms. The number of carbonyl (C=O) groups is 1. The molecule has 0 fully saturated rings. The van der Waals surface area contributed by atoms with Gasteiger partial charge in [-0.1, -0.05) is 13.8 Å². The van der Waals surface area contributed by atoms with Crippen molar-refractivity contribution in [2.24, 2.45) is 5.92 Å². The highest BCUT2D eigenvalue weighted by Gasteiger charge is 2.16. The van der Waals surface area contributed by atoms with Gasteiger partial charge in [0.25, 0.3) is 0 Å². The Kier molecular flexibility index (Phi) is 8.21. The topological polar surface area (TPSA) is 47.6 Å². The molecule has 0 saturated carbocycles. The van der Waals surface area contributed by atoms with Crippen LogP contribution in [-0.4, -0.2) is 37.9 Å². The predicted molar refractivity (Wildman–Crippen MR) is 64.3 cm³/mol. The third-order valence-corrected chi connectivity index (χ3v) is 2.20. The highest BCUT2D eigenvalue weighted by molar-refractivity contribution is 5.77. The van der Waals surface area contributed by atoms with Crippen molar-refractivity contribution in [2.45, 2.75) is 46.8 Å². The first-order valence-corrected chi connectivity index (χ1v) is 5.96. The average molecular weight is 231 g/mol.